The van der Waals surface area contributed by atoms with Crippen LogP contribution >= 0.6 is 0 Å². The lowest BCUT2D eigenvalue weighted by Crippen LogP contribution is -2.50. The summed E-state index contributed by atoms with van der Waals surface area (Å²) in [5.41, 5.74) is 2.98. The van der Waals surface area contributed by atoms with Crippen molar-refractivity contribution in [3.63, 3.8) is 0 Å². The Balaban J connectivity index is 1.82. The number of nitrogens with one attached hydrogen (secondary N) is 1. The molecule has 0 aliphatic rings. The molecule has 1 N–H and O–H groups in total. The highest BCUT2D eigenvalue weighted by molar-refractivity contribution is 7.89. The molecule has 0 saturated carbocycles. The number of hydrogen-bond acceptors (Lipinski definition) is 4. The first-order valence-electron chi connectivity index (χ1n) is 13.9. The second-order valence-electron chi connectivity index (χ2n) is 10.0. The topological polar surface area (TPSA) is 86.8 Å². The Labute approximate surface area is 239 Å². The average Bonchev–Trinajstić information content (AvgIpc) is 2.96. The molecule has 0 unspecified atom stereocenters. The summed E-state index contributed by atoms with van der Waals surface area (Å²) in [5.74, 6) is -0.358. The summed E-state index contributed by atoms with van der Waals surface area (Å²) >= 11 is 0. The lowest BCUT2D eigenvalue weighted by molar-refractivity contribution is -0.141. The van der Waals surface area contributed by atoms with Crippen LogP contribution in [0.4, 0.5) is 0 Å². The van der Waals surface area contributed by atoms with Crippen LogP contribution in [-0.4, -0.2) is 55.6 Å². The van der Waals surface area contributed by atoms with Crippen molar-refractivity contribution >= 4 is 21.8 Å². The molecule has 0 aromatic heterocycles. The fraction of sp³-hybridized carbons (Fsp3) is 0.375. The predicted octanol–water partition coefficient (Wildman–Crippen LogP) is 4.95. The molecule has 3 aromatic rings. The van der Waals surface area contributed by atoms with Crippen molar-refractivity contribution in [3.8, 4) is 0 Å². The van der Waals surface area contributed by atoms with Crippen LogP contribution in [0, 0.1) is 6.92 Å². The maximum atomic E-state index is 13.8. The number of benzene rings is 3. The highest BCUT2D eigenvalue weighted by Crippen LogP contribution is 2.19. The van der Waals surface area contributed by atoms with Gasteiger partial charge in [-0.25, -0.2) is 12.7 Å². The number of carbonyl (C=O) groups excluding carboxylic acids is 2. The van der Waals surface area contributed by atoms with Crippen molar-refractivity contribution in [3.05, 3.63) is 102 Å². The number of aryl methyl sites for hydroxylation is 1. The van der Waals surface area contributed by atoms with Crippen LogP contribution in [0.15, 0.2) is 89.8 Å². The first-order valence-corrected chi connectivity index (χ1v) is 15.3. The molecule has 214 valence electrons. The van der Waals surface area contributed by atoms with Gasteiger partial charge in [-0.1, -0.05) is 86.1 Å². The number of amides is 2. The van der Waals surface area contributed by atoms with E-state index in [2.05, 4.69) is 12.2 Å². The van der Waals surface area contributed by atoms with Gasteiger partial charge in [-0.15, -0.1) is 0 Å². The van der Waals surface area contributed by atoms with Crippen LogP contribution in [0.25, 0.3) is 0 Å². The Bertz CT molecular complexity index is 1330. The number of carbonyl (C=O) groups is 2. The molecule has 2 amide bonds. The molecule has 0 bridgehead atoms. The summed E-state index contributed by atoms with van der Waals surface area (Å²) in [6.45, 7) is 5.09. The summed E-state index contributed by atoms with van der Waals surface area (Å²) in [7, 11) is -2.13. The third kappa shape index (κ3) is 8.76. The van der Waals surface area contributed by atoms with E-state index in [0.29, 0.717) is 25.9 Å². The van der Waals surface area contributed by atoms with Crippen molar-refractivity contribution in [2.24, 2.45) is 0 Å². The summed E-state index contributed by atoms with van der Waals surface area (Å²) in [4.78, 5) is 29.2. The lowest BCUT2D eigenvalue weighted by atomic mass is 10.0. The maximum Gasteiger partial charge on any atom is 0.243 e. The zero-order valence-electron chi connectivity index (χ0n) is 23.8. The van der Waals surface area contributed by atoms with E-state index in [1.807, 2.05) is 61.5 Å². The van der Waals surface area contributed by atoms with Crippen LogP contribution in [0.1, 0.15) is 49.3 Å². The van der Waals surface area contributed by atoms with E-state index in [1.54, 1.807) is 35.2 Å². The molecule has 3 aromatic carbocycles. The third-order valence-electron chi connectivity index (χ3n) is 7.02. The Morgan fingerprint density at radius 2 is 1.50 bits per heavy atom. The minimum Gasteiger partial charge on any atom is -0.354 e. The second kappa shape index (κ2) is 15.3. The van der Waals surface area contributed by atoms with E-state index in [9.17, 15) is 18.0 Å². The van der Waals surface area contributed by atoms with E-state index in [4.69, 9.17) is 0 Å². The maximum absolute atomic E-state index is 13.8. The van der Waals surface area contributed by atoms with E-state index < -0.39 is 16.1 Å². The van der Waals surface area contributed by atoms with Gasteiger partial charge in [0.15, 0.2) is 0 Å². The van der Waals surface area contributed by atoms with E-state index >= 15 is 0 Å². The summed E-state index contributed by atoms with van der Waals surface area (Å²) < 4.78 is 27.1. The molecule has 8 heteroatoms. The molecule has 0 radical (unpaired) electrons. The zero-order valence-corrected chi connectivity index (χ0v) is 24.6. The number of unbranched alkanes of at least 4 members (excludes halogenated alkanes) is 1. The smallest absolute Gasteiger partial charge is 0.243 e. The first-order chi connectivity index (χ1) is 19.2. The van der Waals surface area contributed by atoms with Gasteiger partial charge in [0.25, 0.3) is 0 Å². The fourth-order valence-electron chi connectivity index (χ4n) is 4.52. The van der Waals surface area contributed by atoms with E-state index in [-0.39, 0.29) is 29.7 Å². The van der Waals surface area contributed by atoms with Crippen LogP contribution in [0.2, 0.25) is 0 Å². The lowest BCUT2D eigenvalue weighted by Gasteiger charge is -2.32. The Hall–Kier alpha value is -3.49. The summed E-state index contributed by atoms with van der Waals surface area (Å²) in [6, 6.07) is 25.1. The van der Waals surface area contributed by atoms with Gasteiger partial charge in [0.05, 0.1) is 4.90 Å². The minimum atomic E-state index is -3.65. The molecule has 40 heavy (non-hydrogen) atoms. The standard InChI is InChI=1S/C32H41N3O4S/c1-4-5-22-33-32(37)30(24-27-16-8-6-9-17-27)35(25-28-18-13-12-15-26(28)2)31(36)21-14-23-34(3)40(38,39)29-19-10-7-11-20-29/h6-13,15-20,30H,4-5,14,21-25H2,1-3H3,(H,33,37)/t30-/m0/s1. The van der Waals surface area contributed by atoms with Crippen molar-refractivity contribution < 1.29 is 18.0 Å². The predicted molar refractivity (Wildman–Crippen MR) is 159 cm³/mol. The van der Waals surface area contributed by atoms with Crippen molar-refractivity contribution in [2.45, 2.75) is 63.4 Å². The van der Waals surface area contributed by atoms with E-state index in [0.717, 1.165) is 29.5 Å². The summed E-state index contributed by atoms with van der Waals surface area (Å²) in [5, 5.41) is 3.03. The van der Waals surface area contributed by atoms with Crippen molar-refractivity contribution in [2.75, 3.05) is 20.1 Å². The highest BCUT2D eigenvalue weighted by atomic mass is 32.2. The van der Waals surface area contributed by atoms with Gasteiger partial charge in [-0.2, -0.15) is 0 Å². The molecule has 1 atom stereocenters. The molecular formula is C32H41N3O4S. The SMILES string of the molecule is CCCCNC(=O)[C@H](Cc1ccccc1)N(Cc1ccccc1C)C(=O)CCCN(C)S(=O)(=O)c1ccccc1. The fourth-order valence-corrected chi connectivity index (χ4v) is 5.75. The molecule has 0 aliphatic heterocycles. The summed E-state index contributed by atoms with van der Waals surface area (Å²) in [6.07, 6.45) is 2.65. The number of rotatable bonds is 15. The van der Waals surface area contributed by atoms with Gasteiger partial charge in [0, 0.05) is 39.5 Å². The molecule has 0 heterocycles. The highest BCUT2D eigenvalue weighted by Gasteiger charge is 2.30. The number of nitrogens with zero attached hydrogens (tertiary/aromatic N) is 2. The minimum absolute atomic E-state index is 0.119. The van der Waals surface area contributed by atoms with Gasteiger partial charge < -0.3 is 10.2 Å². The Morgan fingerprint density at radius 1 is 0.875 bits per heavy atom. The second-order valence-corrected chi connectivity index (χ2v) is 12.1. The van der Waals surface area contributed by atoms with Crippen molar-refractivity contribution in [1.82, 2.24) is 14.5 Å². The molecule has 0 aliphatic carbocycles. The molecule has 7 nitrogen and oxygen atoms in total. The van der Waals surface area contributed by atoms with Gasteiger partial charge in [0.2, 0.25) is 21.8 Å². The van der Waals surface area contributed by atoms with Gasteiger partial charge in [-0.05, 0) is 48.6 Å². The molecule has 3 rings (SSSR count). The van der Waals surface area contributed by atoms with E-state index in [1.165, 1.54) is 11.4 Å². The van der Waals surface area contributed by atoms with Crippen LogP contribution in [0.5, 0.6) is 0 Å². The monoisotopic (exact) mass is 563 g/mol. The van der Waals surface area contributed by atoms with Crippen molar-refractivity contribution in [1.29, 1.82) is 0 Å². The van der Waals surface area contributed by atoms with Gasteiger partial charge >= 0.3 is 0 Å². The number of hydrogen-bond donors (Lipinski definition) is 1. The number of sulfonamides is 1. The largest absolute Gasteiger partial charge is 0.354 e. The van der Waals surface area contributed by atoms with Gasteiger partial charge in [-0.3, -0.25) is 9.59 Å². The zero-order chi connectivity index (χ0) is 29.0. The van der Waals surface area contributed by atoms with Crippen LogP contribution in [-0.2, 0) is 32.6 Å². The van der Waals surface area contributed by atoms with Crippen LogP contribution in [0.3, 0.4) is 0 Å². The first kappa shape index (κ1) is 31.0. The van der Waals surface area contributed by atoms with Gasteiger partial charge in [0.1, 0.15) is 6.04 Å². The quantitative estimate of drug-likeness (QED) is 0.265. The molecule has 0 fully saturated rings. The Kier molecular flexibility index (Phi) is 11.9. The average molecular weight is 564 g/mol. The molecule has 0 spiro atoms. The normalized spacial score (nSPS) is 12.2. The van der Waals surface area contributed by atoms with Crippen LogP contribution < -0.4 is 5.32 Å². The third-order valence-corrected chi connectivity index (χ3v) is 8.89. The molecule has 0 saturated heterocycles. The molecular weight excluding hydrogens is 522 g/mol. The Morgan fingerprint density at radius 3 is 2.15 bits per heavy atom.